The Hall–Kier alpha value is -3.02. The molecule has 0 N–H and O–H groups in total. The van der Waals surface area contributed by atoms with Gasteiger partial charge in [-0.1, -0.05) is 36.4 Å². The number of carbonyl (C=O) groups is 2. The van der Waals surface area contributed by atoms with Gasteiger partial charge in [0.2, 0.25) is 0 Å². The molecule has 35 heavy (non-hydrogen) atoms. The van der Waals surface area contributed by atoms with Gasteiger partial charge in [0.25, 0.3) is 0 Å². The van der Waals surface area contributed by atoms with Gasteiger partial charge in [-0.2, -0.15) is 0 Å². The summed E-state index contributed by atoms with van der Waals surface area (Å²) in [4.78, 5) is 30.9. The number of carbonyl (C=O) groups excluding carboxylic acids is 2. The van der Waals surface area contributed by atoms with Crippen LogP contribution in [0.25, 0.3) is 0 Å². The van der Waals surface area contributed by atoms with Gasteiger partial charge in [0, 0.05) is 11.8 Å². The van der Waals surface area contributed by atoms with E-state index in [2.05, 4.69) is 12.1 Å². The van der Waals surface area contributed by atoms with E-state index in [0.717, 1.165) is 17.8 Å². The average Bonchev–Trinajstić information content (AvgIpc) is 3.46. The molecule has 2 aliphatic carbocycles. The largest absolute Gasteiger partial charge is 0.443 e. The summed E-state index contributed by atoms with van der Waals surface area (Å²) in [6.45, 7) is 11.5. The molecule has 2 bridgehead atoms. The molecule has 2 aromatic carbocycles. The van der Waals surface area contributed by atoms with Crippen LogP contribution >= 0.6 is 0 Å². The first-order chi connectivity index (χ1) is 16.5. The van der Waals surface area contributed by atoms with Crippen molar-refractivity contribution in [3.63, 3.8) is 0 Å². The van der Waals surface area contributed by atoms with Crippen molar-refractivity contribution >= 4 is 23.6 Å². The Labute approximate surface area is 207 Å². The number of rotatable bonds is 0. The summed E-state index contributed by atoms with van der Waals surface area (Å²) in [5.41, 5.74) is 3.13. The fourth-order valence-corrected chi connectivity index (χ4v) is 7.24. The van der Waals surface area contributed by atoms with Crippen molar-refractivity contribution in [2.45, 2.75) is 83.1 Å². The Morgan fingerprint density at radius 2 is 1.06 bits per heavy atom. The van der Waals surface area contributed by atoms with Crippen LogP contribution in [0.3, 0.4) is 0 Å². The number of hydrogen-bond donors (Lipinski definition) is 0. The van der Waals surface area contributed by atoms with Crippen LogP contribution in [0.4, 0.5) is 21.0 Å². The number of ether oxygens (including phenoxy) is 2. The molecule has 0 radical (unpaired) electrons. The Morgan fingerprint density at radius 3 is 1.43 bits per heavy atom. The first kappa shape index (κ1) is 22.4. The predicted octanol–water partition coefficient (Wildman–Crippen LogP) is 6.45. The molecule has 6 nitrogen and oxygen atoms in total. The first-order valence-corrected chi connectivity index (χ1v) is 12.7. The van der Waals surface area contributed by atoms with Gasteiger partial charge in [0.1, 0.15) is 11.2 Å². The molecule has 2 saturated carbocycles. The predicted molar refractivity (Wildman–Crippen MR) is 135 cm³/mol. The number of amides is 2. The molecule has 2 aromatic rings. The third kappa shape index (κ3) is 3.29. The number of benzene rings is 2. The molecule has 4 aliphatic rings. The van der Waals surface area contributed by atoms with Crippen molar-refractivity contribution in [1.29, 1.82) is 0 Å². The molecule has 6 heteroatoms. The van der Waals surface area contributed by atoms with Gasteiger partial charge in [-0.3, -0.25) is 9.80 Å². The second-order valence-electron chi connectivity index (χ2n) is 12.4. The standard InChI is InChI=1S/C29H34N2O4/c1-28(2,3)34-26(32)30-20-13-9-7-11-16(20)22-19-15-18(24(22)30)23-17-12-8-10-14-21(17)31(25(19)23)27(33)35-29(4,5)6/h7-14,18-19,22-25H,15H2,1-6H3. The van der Waals surface area contributed by atoms with Gasteiger partial charge in [-0.25, -0.2) is 9.59 Å². The highest BCUT2D eigenvalue weighted by molar-refractivity contribution is 5.95. The molecule has 0 spiro atoms. The molecule has 2 fully saturated rings. The van der Waals surface area contributed by atoms with Gasteiger partial charge in [0.15, 0.2) is 0 Å². The molecule has 2 heterocycles. The van der Waals surface area contributed by atoms with E-state index >= 15 is 0 Å². The maximum Gasteiger partial charge on any atom is 0.415 e. The topological polar surface area (TPSA) is 59.1 Å². The summed E-state index contributed by atoms with van der Waals surface area (Å²) in [5.74, 6) is 0.820. The molecule has 0 aromatic heterocycles. The highest BCUT2D eigenvalue weighted by Crippen LogP contribution is 2.69. The second kappa shape index (κ2) is 7.25. The number of nitrogens with zero attached hydrogens (tertiary/aromatic N) is 2. The maximum atomic E-state index is 13.5. The van der Waals surface area contributed by atoms with E-state index in [1.54, 1.807) is 0 Å². The molecule has 184 valence electrons. The summed E-state index contributed by atoms with van der Waals surface area (Å²) in [6, 6.07) is 16.5. The van der Waals surface area contributed by atoms with E-state index in [-0.39, 0.29) is 47.9 Å². The lowest BCUT2D eigenvalue weighted by molar-refractivity contribution is 0.0521. The third-order valence-corrected chi connectivity index (χ3v) is 7.97. The summed E-state index contributed by atoms with van der Waals surface area (Å²) < 4.78 is 11.8. The summed E-state index contributed by atoms with van der Waals surface area (Å²) in [5, 5.41) is 0. The minimum atomic E-state index is -0.572. The maximum absolute atomic E-state index is 13.5. The quantitative estimate of drug-likeness (QED) is 0.440. The van der Waals surface area contributed by atoms with E-state index in [9.17, 15) is 9.59 Å². The number of anilines is 2. The van der Waals surface area contributed by atoms with Crippen LogP contribution in [-0.4, -0.2) is 35.5 Å². The lowest BCUT2D eigenvalue weighted by Gasteiger charge is -2.40. The van der Waals surface area contributed by atoms with Crippen molar-refractivity contribution in [3.8, 4) is 0 Å². The number of fused-ring (bicyclic) bond motifs is 12. The number of para-hydroxylation sites is 2. The zero-order chi connectivity index (χ0) is 24.9. The third-order valence-electron chi connectivity index (χ3n) is 7.97. The molecule has 6 atom stereocenters. The Kier molecular flexibility index (Phi) is 4.65. The van der Waals surface area contributed by atoms with Crippen LogP contribution in [0.1, 0.15) is 70.9 Å². The minimum absolute atomic E-state index is 0.0279. The summed E-state index contributed by atoms with van der Waals surface area (Å²) >= 11 is 0. The van der Waals surface area contributed by atoms with Crippen molar-refractivity contribution in [1.82, 2.24) is 0 Å². The van der Waals surface area contributed by atoms with Gasteiger partial charge in [-0.05, 0) is 83.1 Å². The van der Waals surface area contributed by atoms with Crippen molar-refractivity contribution in [2.24, 2.45) is 11.8 Å². The average molecular weight is 475 g/mol. The smallest absolute Gasteiger partial charge is 0.415 e. The number of hydrogen-bond acceptors (Lipinski definition) is 4. The van der Waals surface area contributed by atoms with Crippen molar-refractivity contribution in [2.75, 3.05) is 9.80 Å². The highest BCUT2D eigenvalue weighted by atomic mass is 16.6. The van der Waals surface area contributed by atoms with Gasteiger partial charge in [-0.15, -0.1) is 0 Å². The lowest BCUT2D eigenvalue weighted by atomic mass is 9.73. The molecule has 2 aliphatic heterocycles. The monoisotopic (exact) mass is 474 g/mol. The highest BCUT2D eigenvalue weighted by Gasteiger charge is 2.68. The second-order valence-corrected chi connectivity index (χ2v) is 12.4. The van der Waals surface area contributed by atoms with Crippen LogP contribution in [0.2, 0.25) is 0 Å². The SMILES string of the molecule is CC(C)(C)OC(=O)N1c2ccccc2C2C3CC(C4c5ccccc5N(C(=O)OC(C)(C)C)C34)C21. The molecular weight excluding hydrogens is 440 g/mol. The molecule has 6 unspecified atom stereocenters. The van der Waals surface area contributed by atoms with E-state index in [1.165, 1.54) is 11.1 Å². The summed E-state index contributed by atoms with van der Waals surface area (Å²) in [6.07, 6.45) is 0.417. The zero-order valence-corrected chi connectivity index (χ0v) is 21.3. The zero-order valence-electron chi connectivity index (χ0n) is 21.3. The lowest BCUT2D eigenvalue weighted by Crippen LogP contribution is -2.52. The molecular formula is C29H34N2O4. The summed E-state index contributed by atoms with van der Waals surface area (Å²) in [7, 11) is 0. The van der Waals surface area contributed by atoms with Crippen LogP contribution in [0.15, 0.2) is 48.5 Å². The molecule has 6 rings (SSSR count). The van der Waals surface area contributed by atoms with Gasteiger partial charge >= 0.3 is 12.2 Å². The Morgan fingerprint density at radius 1 is 0.686 bits per heavy atom. The van der Waals surface area contributed by atoms with Crippen LogP contribution in [0.5, 0.6) is 0 Å². The van der Waals surface area contributed by atoms with Crippen molar-refractivity contribution in [3.05, 3.63) is 59.7 Å². The fourth-order valence-electron chi connectivity index (χ4n) is 7.24. The van der Waals surface area contributed by atoms with Crippen LogP contribution < -0.4 is 9.80 Å². The fraction of sp³-hybridized carbons (Fsp3) is 0.517. The van der Waals surface area contributed by atoms with E-state index in [0.29, 0.717) is 0 Å². The van der Waals surface area contributed by atoms with E-state index in [4.69, 9.17) is 9.47 Å². The van der Waals surface area contributed by atoms with E-state index < -0.39 is 11.2 Å². The van der Waals surface area contributed by atoms with Crippen molar-refractivity contribution < 1.29 is 19.1 Å². The van der Waals surface area contributed by atoms with Gasteiger partial charge in [0.05, 0.1) is 23.5 Å². The minimum Gasteiger partial charge on any atom is -0.443 e. The Bertz CT molecular complexity index is 1120. The normalized spacial score (nSPS) is 30.0. The molecule has 2 amide bonds. The van der Waals surface area contributed by atoms with Crippen LogP contribution in [-0.2, 0) is 9.47 Å². The van der Waals surface area contributed by atoms with Gasteiger partial charge < -0.3 is 9.47 Å². The first-order valence-electron chi connectivity index (χ1n) is 12.7. The Balaban J connectivity index is 1.44. The van der Waals surface area contributed by atoms with Crippen LogP contribution in [0, 0.1) is 11.8 Å². The van der Waals surface area contributed by atoms with E-state index in [1.807, 2.05) is 87.7 Å². The molecule has 0 saturated heterocycles.